The molecular formula is C14H17FN2OS. The molecule has 0 aliphatic carbocycles. The Labute approximate surface area is 116 Å². The Hall–Kier alpha value is -1.33. The summed E-state index contributed by atoms with van der Waals surface area (Å²) in [5.41, 5.74) is 1.09. The molecule has 1 aromatic heterocycles. The molecular weight excluding hydrogens is 263 g/mol. The molecule has 5 heteroatoms. The quantitative estimate of drug-likeness (QED) is 0.827. The second-order valence-electron chi connectivity index (χ2n) is 4.38. The Morgan fingerprint density at radius 1 is 1.37 bits per heavy atom. The number of aliphatic hydroxyl groups excluding tert-OH is 1. The first-order chi connectivity index (χ1) is 9.16. The summed E-state index contributed by atoms with van der Waals surface area (Å²) in [6.07, 6.45) is 2.73. The maximum absolute atomic E-state index is 13.4. The van der Waals surface area contributed by atoms with E-state index in [-0.39, 0.29) is 5.82 Å². The van der Waals surface area contributed by atoms with Gasteiger partial charge < -0.3 is 5.11 Å². The first kappa shape index (κ1) is 14.1. The largest absolute Gasteiger partial charge is 0.392 e. The van der Waals surface area contributed by atoms with Crippen LogP contribution in [0.1, 0.15) is 12.1 Å². The van der Waals surface area contributed by atoms with Crippen LogP contribution in [0.5, 0.6) is 0 Å². The highest BCUT2D eigenvalue weighted by molar-refractivity contribution is 7.99. The minimum Gasteiger partial charge on any atom is -0.392 e. The number of hydrogen-bond acceptors (Lipinski definition) is 3. The fourth-order valence-corrected chi connectivity index (χ4v) is 2.71. The van der Waals surface area contributed by atoms with E-state index < -0.39 is 6.10 Å². The van der Waals surface area contributed by atoms with Gasteiger partial charge in [0.25, 0.3) is 0 Å². The summed E-state index contributed by atoms with van der Waals surface area (Å²) in [5, 5.41) is 14.0. The molecule has 3 nitrogen and oxygen atoms in total. The minimum absolute atomic E-state index is 0.230. The van der Waals surface area contributed by atoms with Crippen LogP contribution in [0.15, 0.2) is 41.4 Å². The summed E-state index contributed by atoms with van der Waals surface area (Å²) in [4.78, 5) is 0.585. The molecule has 2 aromatic rings. The normalized spacial score (nSPS) is 12.6. The third-order valence-corrected chi connectivity index (χ3v) is 4.12. The van der Waals surface area contributed by atoms with Crippen LogP contribution in [-0.4, -0.2) is 26.7 Å². The maximum atomic E-state index is 13.4. The molecule has 102 valence electrons. The van der Waals surface area contributed by atoms with Gasteiger partial charge in [-0.25, -0.2) is 4.39 Å². The molecule has 2 rings (SSSR count). The van der Waals surface area contributed by atoms with Gasteiger partial charge in [-0.1, -0.05) is 12.1 Å². The molecule has 1 unspecified atom stereocenters. The van der Waals surface area contributed by atoms with Crippen LogP contribution in [0.4, 0.5) is 4.39 Å². The number of hydrogen-bond donors (Lipinski definition) is 1. The van der Waals surface area contributed by atoms with E-state index in [0.717, 1.165) is 12.1 Å². The molecule has 0 radical (unpaired) electrons. The number of thioether (sulfide) groups is 1. The fraction of sp³-hybridized carbons (Fsp3) is 0.357. The van der Waals surface area contributed by atoms with Crippen molar-refractivity contribution in [3.63, 3.8) is 0 Å². The van der Waals surface area contributed by atoms with E-state index in [1.807, 2.05) is 13.1 Å². The Morgan fingerprint density at radius 2 is 2.16 bits per heavy atom. The Morgan fingerprint density at radius 3 is 2.84 bits per heavy atom. The van der Waals surface area contributed by atoms with Crippen LogP contribution in [0, 0.1) is 5.82 Å². The average Bonchev–Trinajstić information content (AvgIpc) is 2.81. The van der Waals surface area contributed by atoms with Crippen LogP contribution in [0.25, 0.3) is 0 Å². The van der Waals surface area contributed by atoms with Crippen molar-refractivity contribution in [2.75, 3.05) is 5.75 Å². The van der Waals surface area contributed by atoms with Crippen molar-refractivity contribution in [1.29, 1.82) is 0 Å². The number of aromatic nitrogens is 2. The highest BCUT2D eigenvalue weighted by atomic mass is 32.2. The topological polar surface area (TPSA) is 38.0 Å². The van der Waals surface area contributed by atoms with Crippen molar-refractivity contribution in [2.24, 2.45) is 7.05 Å². The predicted octanol–water partition coefficient (Wildman–Crippen LogP) is 2.65. The molecule has 1 N–H and O–H groups in total. The van der Waals surface area contributed by atoms with E-state index in [9.17, 15) is 9.50 Å². The summed E-state index contributed by atoms with van der Waals surface area (Å²) in [5.74, 6) is 0.269. The molecule has 1 aromatic carbocycles. The molecule has 0 aliphatic rings. The zero-order valence-corrected chi connectivity index (χ0v) is 11.6. The highest BCUT2D eigenvalue weighted by Gasteiger charge is 2.09. The molecule has 0 aliphatic heterocycles. The van der Waals surface area contributed by atoms with Gasteiger partial charge in [0.15, 0.2) is 0 Å². The highest BCUT2D eigenvalue weighted by Crippen LogP contribution is 2.22. The summed E-state index contributed by atoms with van der Waals surface area (Å²) in [6.45, 7) is 0. The number of rotatable bonds is 6. The van der Waals surface area contributed by atoms with Gasteiger partial charge in [-0.05, 0) is 31.0 Å². The van der Waals surface area contributed by atoms with Gasteiger partial charge in [-0.2, -0.15) is 5.10 Å². The zero-order valence-electron chi connectivity index (χ0n) is 10.8. The summed E-state index contributed by atoms with van der Waals surface area (Å²) in [7, 11) is 1.88. The lowest BCUT2D eigenvalue weighted by Crippen LogP contribution is -2.12. The second-order valence-corrected chi connectivity index (χ2v) is 5.44. The van der Waals surface area contributed by atoms with Gasteiger partial charge in [-0.3, -0.25) is 4.68 Å². The van der Waals surface area contributed by atoms with Gasteiger partial charge in [0.05, 0.1) is 6.10 Å². The van der Waals surface area contributed by atoms with E-state index in [0.29, 0.717) is 17.1 Å². The monoisotopic (exact) mass is 280 g/mol. The van der Waals surface area contributed by atoms with Crippen LogP contribution < -0.4 is 0 Å². The lowest BCUT2D eigenvalue weighted by atomic mass is 10.2. The smallest absolute Gasteiger partial charge is 0.136 e. The molecule has 0 saturated carbocycles. The Kier molecular flexibility index (Phi) is 4.99. The third-order valence-electron chi connectivity index (χ3n) is 2.92. The molecule has 0 amide bonds. The number of benzene rings is 1. The van der Waals surface area contributed by atoms with Crippen LogP contribution in [0.2, 0.25) is 0 Å². The van der Waals surface area contributed by atoms with Gasteiger partial charge in [-0.15, -0.1) is 11.8 Å². The van der Waals surface area contributed by atoms with E-state index in [2.05, 4.69) is 5.10 Å². The molecule has 1 heterocycles. The van der Waals surface area contributed by atoms with Crippen LogP contribution >= 0.6 is 11.8 Å². The lowest BCUT2D eigenvalue weighted by molar-refractivity contribution is 0.188. The number of halogens is 1. The molecule has 0 fully saturated rings. The van der Waals surface area contributed by atoms with Crippen LogP contribution in [0.3, 0.4) is 0 Å². The van der Waals surface area contributed by atoms with Gasteiger partial charge in [0.1, 0.15) is 5.82 Å². The van der Waals surface area contributed by atoms with Crippen molar-refractivity contribution in [2.45, 2.75) is 23.8 Å². The second kappa shape index (κ2) is 6.73. The summed E-state index contributed by atoms with van der Waals surface area (Å²) < 4.78 is 15.2. The van der Waals surface area contributed by atoms with Gasteiger partial charge in [0.2, 0.25) is 0 Å². The molecule has 0 saturated heterocycles. The number of aliphatic hydroxyl groups is 1. The van der Waals surface area contributed by atoms with Crippen molar-refractivity contribution >= 4 is 11.8 Å². The fourth-order valence-electron chi connectivity index (χ4n) is 1.79. The maximum Gasteiger partial charge on any atom is 0.136 e. The van der Waals surface area contributed by atoms with E-state index >= 15 is 0 Å². The molecule has 19 heavy (non-hydrogen) atoms. The van der Waals surface area contributed by atoms with E-state index in [1.54, 1.807) is 29.1 Å². The summed E-state index contributed by atoms with van der Waals surface area (Å²) >= 11 is 1.35. The third kappa shape index (κ3) is 4.08. The van der Waals surface area contributed by atoms with Crippen molar-refractivity contribution < 1.29 is 9.50 Å². The molecule has 0 bridgehead atoms. The summed E-state index contributed by atoms with van der Waals surface area (Å²) in [6, 6.07) is 8.57. The Bertz CT molecular complexity index is 530. The van der Waals surface area contributed by atoms with E-state index in [1.165, 1.54) is 17.8 Å². The molecule has 0 spiro atoms. The van der Waals surface area contributed by atoms with E-state index in [4.69, 9.17) is 0 Å². The minimum atomic E-state index is -0.445. The average molecular weight is 280 g/mol. The van der Waals surface area contributed by atoms with Gasteiger partial charge >= 0.3 is 0 Å². The van der Waals surface area contributed by atoms with Crippen molar-refractivity contribution in [1.82, 2.24) is 9.78 Å². The first-order valence-corrected chi connectivity index (χ1v) is 7.17. The van der Waals surface area contributed by atoms with Crippen LogP contribution in [-0.2, 0) is 13.5 Å². The Balaban J connectivity index is 1.77. The van der Waals surface area contributed by atoms with Gasteiger partial charge in [0, 0.05) is 29.6 Å². The standard InChI is InChI=1S/C14H17FN2OS/c1-17-11(8-9-16-17)6-7-12(18)10-19-14-5-3-2-4-13(14)15/h2-5,8-9,12,18H,6-7,10H2,1H3. The SMILES string of the molecule is Cn1nccc1CCC(O)CSc1ccccc1F. The van der Waals surface area contributed by atoms with Crippen molar-refractivity contribution in [3.8, 4) is 0 Å². The number of aryl methyl sites for hydroxylation is 2. The lowest BCUT2D eigenvalue weighted by Gasteiger charge is -2.10. The zero-order chi connectivity index (χ0) is 13.7. The van der Waals surface area contributed by atoms with Crippen molar-refractivity contribution in [3.05, 3.63) is 48.0 Å². The number of nitrogens with zero attached hydrogens (tertiary/aromatic N) is 2. The molecule has 1 atom stereocenters. The first-order valence-electron chi connectivity index (χ1n) is 6.19. The predicted molar refractivity (Wildman–Crippen MR) is 74.7 cm³/mol.